The zero-order valence-electron chi connectivity index (χ0n) is 14.6. The molecule has 23 heavy (non-hydrogen) atoms. The van der Waals surface area contributed by atoms with E-state index in [4.69, 9.17) is 10.5 Å². The molecular weight excluding hydrogens is 310 g/mol. The minimum Gasteiger partial charge on any atom is -0.444 e. The summed E-state index contributed by atoms with van der Waals surface area (Å²) < 4.78 is 5.32. The Bertz CT molecular complexity index is 553. The summed E-state index contributed by atoms with van der Waals surface area (Å²) in [4.78, 5) is 16.3. The second kappa shape index (κ2) is 8.82. The summed E-state index contributed by atoms with van der Waals surface area (Å²) in [5.41, 5.74) is 7.10. The van der Waals surface area contributed by atoms with Crippen LogP contribution in [-0.2, 0) is 4.74 Å². The quantitative estimate of drug-likeness (QED) is 0.618. The smallest absolute Gasteiger partial charge is 0.408 e. The molecule has 6 heteroatoms. The van der Waals surface area contributed by atoms with E-state index >= 15 is 0 Å². The van der Waals surface area contributed by atoms with Crippen LogP contribution in [0.1, 0.15) is 52.6 Å². The molecule has 1 unspecified atom stereocenters. The number of carbonyl (C=O) groups excluding carboxylic acids is 1. The Morgan fingerprint density at radius 2 is 2.09 bits per heavy atom. The molecule has 0 saturated carbocycles. The fourth-order valence-electron chi connectivity index (χ4n) is 1.99. The van der Waals surface area contributed by atoms with Crippen molar-refractivity contribution in [2.45, 2.75) is 52.7 Å². The molecule has 0 heterocycles. The van der Waals surface area contributed by atoms with Gasteiger partial charge in [-0.1, -0.05) is 37.7 Å². The Labute approximate surface area is 143 Å². The molecule has 0 aliphatic heterocycles. The number of thioether (sulfide) groups is 1. The van der Waals surface area contributed by atoms with E-state index in [0.29, 0.717) is 5.17 Å². The molecule has 0 spiro atoms. The molecule has 1 aromatic carbocycles. The molecule has 1 aromatic rings. The molecule has 1 rings (SSSR count). The highest BCUT2D eigenvalue weighted by Crippen LogP contribution is 2.23. The van der Waals surface area contributed by atoms with E-state index in [1.807, 2.05) is 58.9 Å². The van der Waals surface area contributed by atoms with Gasteiger partial charge >= 0.3 is 6.09 Å². The summed E-state index contributed by atoms with van der Waals surface area (Å²) in [5, 5.41) is 3.44. The predicted molar refractivity (Wildman–Crippen MR) is 98.3 cm³/mol. The van der Waals surface area contributed by atoms with Crippen LogP contribution < -0.4 is 11.1 Å². The Hall–Kier alpha value is -1.69. The van der Waals surface area contributed by atoms with Crippen LogP contribution in [0.3, 0.4) is 0 Å². The van der Waals surface area contributed by atoms with Crippen LogP contribution in [-0.4, -0.2) is 22.6 Å². The number of aliphatic imine (C=N–C) groups is 1. The number of alkyl carbamates (subject to hydrolysis) is 1. The van der Waals surface area contributed by atoms with Gasteiger partial charge in [0, 0.05) is 0 Å². The van der Waals surface area contributed by atoms with Crippen molar-refractivity contribution in [2.75, 3.05) is 5.75 Å². The molecule has 5 nitrogen and oxygen atoms in total. The lowest BCUT2D eigenvalue weighted by Gasteiger charge is -2.23. The first-order chi connectivity index (χ1) is 10.7. The molecule has 128 valence electrons. The number of hydrogen-bond donors (Lipinski definition) is 2. The van der Waals surface area contributed by atoms with Gasteiger partial charge in [-0.15, -0.1) is 0 Å². The highest BCUT2D eigenvalue weighted by molar-refractivity contribution is 8.13. The monoisotopic (exact) mass is 337 g/mol. The van der Waals surface area contributed by atoms with Crippen molar-refractivity contribution in [2.24, 2.45) is 10.7 Å². The minimum absolute atomic E-state index is 0.125. The highest BCUT2D eigenvalue weighted by Gasteiger charge is 2.19. The van der Waals surface area contributed by atoms with Crippen molar-refractivity contribution in [3.63, 3.8) is 0 Å². The first-order valence-corrected chi connectivity index (χ1v) is 8.80. The molecule has 0 radical (unpaired) electrons. The fourth-order valence-corrected chi connectivity index (χ4v) is 2.46. The largest absolute Gasteiger partial charge is 0.444 e. The van der Waals surface area contributed by atoms with E-state index in [-0.39, 0.29) is 6.04 Å². The van der Waals surface area contributed by atoms with Gasteiger partial charge in [0.15, 0.2) is 5.17 Å². The van der Waals surface area contributed by atoms with Crippen LogP contribution in [0.15, 0.2) is 29.3 Å². The van der Waals surface area contributed by atoms with Crippen LogP contribution in [0.4, 0.5) is 10.5 Å². The van der Waals surface area contributed by atoms with Gasteiger partial charge in [0.25, 0.3) is 0 Å². The van der Waals surface area contributed by atoms with Gasteiger partial charge in [-0.25, -0.2) is 9.79 Å². The number of amides is 1. The Kier molecular flexibility index (Phi) is 7.42. The number of nitrogens with zero attached hydrogens (tertiary/aromatic N) is 1. The van der Waals surface area contributed by atoms with Crippen molar-refractivity contribution in [1.29, 1.82) is 0 Å². The van der Waals surface area contributed by atoms with Crippen molar-refractivity contribution >= 4 is 28.7 Å². The normalized spacial score (nSPS) is 13.5. The topological polar surface area (TPSA) is 76.7 Å². The summed E-state index contributed by atoms with van der Waals surface area (Å²) >= 11 is 1.50. The maximum atomic E-state index is 12.0. The summed E-state index contributed by atoms with van der Waals surface area (Å²) in [7, 11) is 0. The average Bonchev–Trinajstić information content (AvgIpc) is 2.43. The van der Waals surface area contributed by atoms with Gasteiger partial charge in [0.1, 0.15) is 5.60 Å². The molecule has 1 amide bonds. The van der Waals surface area contributed by atoms with Gasteiger partial charge in [0.2, 0.25) is 0 Å². The third kappa shape index (κ3) is 7.41. The van der Waals surface area contributed by atoms with Gasteiger partial charge in [-0.3, -0.25) is 0 Å². The first kappa shape index (κ1) is 19.4. The number of amidine groups is 1. The summed E-state index contributed by atoms with van der Waals surface area (Å²) in [6, 6.07) is 7.59. The number of rotatable bonds is 5. The van der Waals surface area contributed by atoms with E-state index in [1.165, 1.54) is 11.8 Å². The molecule has 0 fully saturated rings. The highest BCUT2D eigenvalue weighted by atomic mass is 32.2. The lowest BCUT2D eigenvalue weighted by molar-refractivity contribution is 0.0502. The fraction of sp³-hybridized carbons (Fsp3) is 0.529. The van der Waals surface area contributed by atoms with Gasteiger partial charge in [-0.05, 0) is 50.6 Å². The molecule has 0 aliphatic carbocycles. The van der Waals surface area contributed by atoms with Crippen molar-refractivity contribution in [3.8, 4) is 0 Å². The summed E-state index contributed by atoms with van der Waals surface area (Å²) in [6.45, 7) is 9.58. The summed E-state index contributed by atoms with van der Waals surface area (Å²) in [6.07, 6.45) is 0.338. The molecule has 0 bridgehead atoms. The SMILES string of the molecule is CCSC(N)=Nc1cccc(C(CC)NC(=O)OC(C)(C)C)c1. The average molecular weight is 337 g/mol. The number of nitrogens with two attached hydrogens (primary N) is 1. The van der Waals surface area contributed by atoms with E-state index in [0.717, 1.165) is 23.4 Å². The number of carbonyl (C=O) groups is 1. The number of benzene rings is 1. The zero-order chi connectivity index (χ0) is 17.5. The Morgan fingerprint density at radius 3 is 2.65 bits per heavy atom. The Morgan fingerprint density at radius 1 is 1.39 bits per heavy atom. The standard InChI is InChI=1S/C17H27N3O2S/c1-6-14(20-16(21)22-17(3,4)5)12-9-8-10-13(11-12)19-15(18)23-7-2/h8-11,14H,6-7H2,1-5H3,(H2,18,19)(H,20,21). The van der Waals surface area contributed by atoms with E-state index in [1.54, 1.807) is 0 Å². The minimum atomic E-state index is -0.514. The van der Waals surface area contributed by atoms with Crippen LogP contribution >= 0.6 is 11.8 Å². The van der Waals surface area contributed by atoms with E-state index in [9.17, 15) is 4.79 Å². The van der Waals surface area contributed by atoms with Gasteiger partial charge < -0.3 is 15.8 Å². The van der Waals surface area contributed by atoms with Gasteiger partial charge in [0.05, 0.1) is 11.7 Å². The maximum Gasteiger partial charge on any atom is 0.408 e. The van der Waals surface area contributed by atoms with Crippen LogP contribution in [0, 0.1) is 0 Å². The number of nitrogens with one attached hydrogen (secondary N) is 1. The van der Waals surface area contributed by atoms with Gasteiger partial charge in [-0.2, -0.15) is 0 Å². The number of hydrogen-bond acceptors (Lipinski definition) is 4. The lowest BCUT2D eigenvalue weighted by atomic mass is 10.0. The second-order valence-corrected chi connectivity index (χ2v) is 7.37. The molecule has 0 saturated heterocycles. The lowest BCUT2D eigenvalue weighted by Crippen LogP contribution is -2.34. The molecule has 1 atom stereocenters. The van der Waals surface area contributed by atoms with E-state index < -0.39 is 11.7 Å². The number of ether oxygens (including phenoxy) is 1. The van der Waals surface area contributed by atoms with Crippen molar-refractivity contribution < 1.29 is 9.53 Å². The van der Waals surface area contributed by atoms with Crippen LogP contribution in [0.2, 0.25) is 0 Å². The predicted octanol–water partition coefficient (Wildman–Crippen LogP) is 4.36. The molecule has 0 aromatic heterocycles. The third-order valence-electron chi connectivity index (χ3n) is 2.90. The van der Waals surface area contributed by atoms with E-state index in [2.05, 4.69) is 10.3 Å². The van der Waals surface area contributed by atoms with Crippen molar-refractivity contribution in [3.05, 3.63) is 29.8 Å². The third-order valence-corrected chi connectivity index (χ3v) is 3.58. The first-order valence-electron chi connectivity index (χ1n) is 7.81. The maximum absolute atomic E-state index is 12.0. The van der Waals surface area contributed by atoms with Crippen molar-refractivity contribution in [1.82, 2.24) is 5.32 Å². The zero-order valence-corrected chi connectivity index (χ0v) is 15.4. The molecule has 0 aliphatic rings. The second-order valence-electron chi connectivity index (χ2n) is 6.09. The van der Waals surface area contributed by atoms with Crippen LogP contribution in [0.25, 0.3) is 0 Å². The molecular formula is C17H27N3O2S. The molecule has 3 N–H and O–H groups in total. The van der Waals surface area contributed by atoms with Crippen LogP contribution in [0.5, 0.6) is 0 Å². The summed E-state index contributed by atoms with van der Waals surface area (Å²) in [5.74, 6) is 0.882. The Balaban J connectivity index is 2.86.